The molecular formula is C15H11F3N2O. The Hall–Kier alpha value is -2.68. The van der Waals surface area contributed by atoms with Crippen LogP contribution >= 0.6 is 0 Å². The van der Waals surface area contributed by atoms with E-state index in [9.17, 15) is 13.2 Å². The quantitative estimate of drug-likeness (QED) is 0.858. The van der Waals surface area contributed by atoms with Crippen LogP contribution in [0.4, 0.5) is 18.9 Å². The second kappa shape index (κ2) is 6.66. The maximum atomic E-state index is 13.3. The van der Waals surface area contributed by atoms with Gasteiger partial charge in [-0.3, -0.25) is 0 Å². The largest absolute Gasteiger partial charge is 0.492 e. The van der Waals surface area contributed by atoms with Crippen molar-refractivity contribution in [1.82, 2.24) is 0 Å². The number of halogens is 3. The first kappa shape index (κ1) is 14.7. The van der Waals surface area contributed by atoms with E-state index in [1.54, 1.807) is 12.1 Å². The predicted octanol–water partition coefficient (Wildman–Crippen LogP) is 3.47. The molecule has 3 nitrogen and oxygen atoms in total. The van der Waals surface area contributed by atoms with Gasteiger partial charge in [-0.2, -0.15) is 5.26 Å². The minimum Gasteiger partial charge on any atom is -0.492 e. The molecule has 0 aliphatic rings. The fraction of sp³-hybridized carbons (Fsp3) is 0.133. The van der Waals surface area contributed by atoms with Crippen molar-refractivity contribution in [1.29, 1.82) is 5.26 Å². The van der Waals surface area contributed by atoms with Crippen molar-refractivity contribution in [3.63, 3.8) is 0 Å². The van der Waals surface area contributed by atoms with Gasteiger partial charge in [0.05, 0.1) is 5.69 Å². The van der Waals surface area contributed by atoms with Gasteiger partial charge < -0.3 is 10.1 Å². The van der Waals surface area contributed by atoms with Crippen molar-refractivity contribution < 1.29 is 17.9 Å². The third-order valence-electron chi connectivity index (χ3n) is 2.70. The van der Waals surface area contributed by atoms with Crippen molar-refractivity contribution in [2.75, 3.05) is 18.5 Å². The zero-order valence-corrected chi connectivity index (χ0v) is 10.9. The summed E-state index contributed by atoms with van der Waals surface area (Å²) in [6, 6.07) is 9.23. The molecule has 0 heterocycles. The number of ether oxygens (including phenoxy) is 1. The molecule has 1 N–H and O–H groups in total. The standard InChI is InChI=1S/C15H11F3N2O/c16-12-2-1-3-15(11(12)9-19)20-6-7-21-10-4-5-13(17)14(18)8-10/h1-5,8,20H,6-7H2. The van der Waals surface area contributed by atoms with Crippen LogP contribution in [0.25, 0.3) is 0 Å². The molecule has 0 atom stereocenters. The summed E-state index contributed by atoms with van der Waals surface area (Å²) < 4.78 is 44.2. The van der Waals surface area contributed by atoms with E-state index in [-0.39, 0.29) is 24.5 Å². The molecule has 0 aliphatic carbocycles. The topological polar surface area (TPSA) is 45.0 Å². The predicted molar refractivity (Wildman–Crippen MR) is 71.5 cm³/mol. The lowest BCUT2D eigenvalue weighted by Crippen LogP contribution is -2.12. The number of rotatable bonds is 5. The average Bonchev–Trinajstić information content (AvgIpc) is 2.47. The van der Waals surface area contributed by atoms with E-state index in [1.165, 1.54) is 18.2 Å². The van der Waals surface area contributed by atoms with E-state index in [0.717, 1.165) is 12.1 Å². The second-order valence-corrected chi connectivity index (χ2v) is 4.13. The highest BCUT2D eigenvalue weighted by atomic mass is 19.2. The minimum atomic E-state index is -0.989. The monoisotopic (exact) mass is 292 g/mol. The first-order valence-electron chi connectivity index (χ1n) is 6.12. The summed E-state index contributed by atoms with van der Waals surface area (Å²) in [7, 11) is 0. The number of hydrogen-bond acceptors (Lipinski definition) is 3. The van der Waals surface area contributed by atoms with E-state index in [1.807, 2.05) is 0 Å². The van der Waals surface area contributed by atoms with E-state index in [2.05, 4.69) is 5.32 Å². The Morgan fingerprint density at radius 2 is 1.86 bits per heavy atom. The van der Waals surface area contributed by atoms with Crippen molar-refractivity contribution in [2.45, 2.75) is 0 Å². The molecule has 0 aromatic heterocycles. The molecule has 0 unspecified atom stereocenters. The molecule has 0 fully saturated rings. The fourth-order valence-corrected chi connectivity index (χ4v) is 1.71. The SMILES string of the molecule is N#Cc1c(F)cccc1NCCOc1ccc(F)c(F)c1. The summed E-state index contributed by atoms with van der Waals surface area (Å²) in [6.07, 6.45) is 0. The molecule has 0 amide bonds. The van der Waals surface area contributed by atoms with Crippen LogP contribution in [0.15, 0.2) is 36.4 Å². The summed E-state index contributed by atoms with van der Waals surface area (Å²) >= 11 is 0. The van der Waals surface area contributed by atoms with Crippen LogP contribution < -0.4 is 10.1 Å². The molecular weight excluding hydrogens is 281 g/mol. The highest BCUT2D eigenvalue weighted by Gasteiger charge is 2.07. The second-order valence-electron chi connectivity index (χ2n) is 4.13. The molecule has 0 radical (unpaired) electrons. The smallest absolute Gasteiger partial charge is 0.162 e. The Bertz CT molecular complexity index is 683. The summed E-state index contributed by atoms with van der Waals surface area (Å²) in [5, 5.41) is 11.7. The minimum absolute atomic E-state index is 0.0784. The van der Waals surface area contributed by atoms with Crippen LogP contribution in [0, 0.1) is 28.8 Å². The summed E-state index contributed by atoms with van der Waals surface area (Å²) in [6.45, 7) is 0.420. The number of nitriles is 1. The van der Waals surface area contributed by atoms with Gasteiger partial charge in [0.15, 0.2) is 11.6 Å². The Kier molecular flexibility index (Phi) is 4.67. The number of nitrogens with one attached hydrogen (secondary N) is 1. The summed E-state index contributed by atoms with van der Waals surface area (Å²) in [5.41, 5.74) is 0.275. The maximum Gasteiger partial charge on any atom is 0.162 e. The highest BCUT2D eigenvalue weighted by Crippen LogP contribution is 2.18. The van der Waals surface area contributed by atoms with Gasteiger partial charge in [0.2, 0.25) is 0 Å². The number of hydrogen-bond donors (Lipinski definition) is 1. The van der Waals surface area contributed by atoms with Crippen molar-refractivity contribution in [3.8, 4) is 11.8 Å². The van der Waals surface area contributed by atoms with Gasteiger partial charge in [-0.1, -0.05) is 6.07 Å². The summed E-state index contributed by atoms with van der Waals surface area (Å²) in [5.74, 6) is -2.35. The first-order valence-corrected chi connectivity index (χ1v) is 6.12. The number of benzene rings is 2. The molecule has 6 heteroatoms. The zero-order valence-electron chi connectivity index (χ0n) is 10.9. The molecule has 0 saturated carbocycles. The van der Waals surface area contributed by atoms with E-state index < -0.39 is 17.5 Å². The molecule has 2 aromatic rings. The zero-order chi connectivity index (χ0) is 15.2. The highest BCUT2D eigenvalue weighted by molar-refractivity contribution is 5.57. The molecule has 2 aromatic carbocycles. The summed E-state index contributed by atoms with van der Waals surface area (Å²) in [4.78, 5) is 0. The van der Waals surface area contributed by atoms with Crippen LogP contribution in [0.3, 0.4) is 0 Å². The molecule has 0 bridgehead atoms. The average molecular weight is 292 g/mol. The maximum absolute atomic E-state index is 13.3. The lowest BCUT2D eigenvalue weighted by atomic mass is 10.2. The van der Waals surface area contributed by atoms with Gasteiger partial charge in [0, 0.05) is 12.6 Å². The van der Waals surface area contributed by atoms with E-state index >= 15 is 0 Å². The van der Waals surface area contributed by atoms with Gasteiger partial charge in [-0.05, 0) is 24.3 Å². The van der Waals surface area contributed by atoms with Crippen LogP contribution in [-0.4, -0.2) is 13.2 Å². The third kappa shape index (κ3) is 3.66. The molecule has 0 spiro atoms. The Balaban J connectivity index is 1.89. The van der Waals surface area contributed by atoms with Crippen LogP contribution in [-0.2, 0) is 0 Å². The van der Waals surface area contributed by atoms with Crippen LogP contribution in [0.1, 0.15) is 5.56 Å². The number of anilines is 1. The molecule has 0 saturated heterocycles. The molecule has 108 valence electrons. The Morgan fingerprint density at radius 1 is 1.05 bits per heavy atom. The van der Waals surface area contributed by atoms with Gasteiger partial charge >= 0.3 is 0 Å². The fourth-order valence-electron chi connectivity index (χ4n) is 1.71. The first-order chi connectivity index (χ1) is 10.1. The van der Waals surface area contributed by atoms with Crippen molar-refractivity contribution in [2.24, 2.45) is 0 Å². The van der Waals surface area contributed by atoms with Crippen molar-refractivity contribution in [3.05, 3.63) is 59.4 Å². The van der Waals surface area contributed by atoms with Gasteiger partial charge in [-0.15, -0.1) is 0 Å². The number of nitrogens with zero attached hydrogens (tertiary/aromatic N) is 1. The molecule has 0 aliphatic heterocycles. The molecule has 21 heavy (non-hydrogen) atoms. The van der Waals surface area contributed by atoms with Gasteiger partial charge in [0.1, 0.15) is 29.8 Å². The third-order valence-corrected chi connectivity index (χ3v) is 2.70. The van der Waals surface area contributed by atoms with Crippen molar-refractivity contribution >= 4 is 5.69 Å². The Morgan fingerprint density at radius 3 is 2.57 bits per heavy atom. The normalized spacial score (nSPS) is 10.0. The Labute approximate surface area is 119 Å². The van der Waals surface area contributed by atoms with Gasteiger partial charge in [0.25, 0.3) is 0 Å². The lowest BCUT2D eigenvalue weighted by Gasteiger charge is -2.10. The van der Waals surface area contributed by atoms with E-state index in [0.29, 0.717) is 5.69 Å². The van der Waals surface area contributed by atoms with Crippen LogP contribution in [0.2, 0.25) is 0 Å². The lowest BCUT2D eigenvalue weighted by molar-refractivity contribution is 0.329. The van der Waals surface area contributed by atoms with Gasteiger partial charge in [-0.25, -0.2) is 13.2 Å². The van der Waals surface area contributed by atoms with E-state index in [4.69, 9.17) is 10.00 Å². The molecule has 2 rings (SSSR count). The van der Waals surface area contributed by atoms with Crippen LogP contribution in [0.5, 0.6) is 5.75 Å².